The molecule has 1 spiro atoms. The first-order valence-electron chi connectivity index (χ1n) is 9.81. The third-order valence-electron chi connectivity index (χ3n) is 5.70. The van der Waals surface area contributed by atoms with Gasteiger partial charge in [0.2, 0.25) is 5.91 Å². The molecule has 1 saturated carbocycles. The van der Waals surface area contributed by atoms with Crippen LogP contribution in [0.25, 0.3) is 0 Å². The van der Waals surface area contributed by atoms with Crippen molar-refractivity contribution in [2.24, 2.45) is 0 Å². The van der Waals surface area contributed by atoms with E-state index in [9.17, 15) is 14.4 Å². The number of imide groups is 1. The number of nitrogens with zero attached hydrogens (tertiary/aromatic N) is 1. The van der Waals surface area contributed by atoms with Crippen LogP contribution in [0.2, 0.25) is 0 Å². The maximum Gasteiger partial charge on any atom is 0.325 e. The van der Waals surface area contributed by atoms with Crippen molar-refractivity contribution in [3.8, 4) is 11.5 Å². The number of carbonyl (C=O) groups excluding carboxylic acids is 3. The number of benzene rings is 1. The minimum atomic E-state index is -0.808. The molecule has 0 aromatic heterocycles. The van der Waals surface area contributed by atoms with E-state index in [1.807, 2.05) is 25.1 Å². The maximum absolute atomic E-state index is 12.8. The van der Waals surface area contributed by atoms with Crippen molar-refractivity contribution in [2.75, 3.05) is 19.8 Å². The molecule has 28 heavy (non-hydrogen) atoms. The van der Waals surface area contributed by atoms with Gasteiger partial charge in [0.05, 0.1) is 6.04 Å². The lowest BCUT2D eigenvalue weighted by molar-refractivity contribution is -0.136. The fourth-order valence-corrected chi connectivity index (χ4v) is 4.16. The Bertz CT molecular complexity index is 803. The van der Waals surface area contributed by atoms with E-state index in [1.54, 1.807) is 0 Å². The number of urea groups is 1. The molecule has 1 aliphatic carbocycles. The molecule has 1 saturated heterocycles. The van der Waals surface area contributed by atoms with Gasteiger partial charge in [0.1, 0.15) is 25.3 Å². The van der Waals surface area contributed by atoms with Crippen molar-refractivity contribution in [3.05, 3.63) is 23.8 Å². The van der Waals surface area contributed by atoms with E-state index in [0.29, 0.717) is 37.6 Å². The Labute approximate surface area is 163 Å². The molecular weight excluding hydrogens is 362 g/mol. The van der Waals surface area contributed by atoms with Crippen LogP contribution in [-0.4, -0.2) is 48.0 Å². The van der Waals surface area contributed by atoms with Gasteiger partial charge in [-0.05, 0) is 37.5 Å². The standard InChI is InChI=1S/C20H25N3O5/c1-13(14-5-6-15-16(11-14)28-10-9-27-15)21-17(24)12-23-18(25)20(22-19(23)26)7-3-2-4-8-20/h5-6,11,13H,2-4,7-10,12H2,1H3,(H,21,24)(H,22,26). The van der Waals surface area contributed by atoms with Crippen molar-refractivity contribution in [3.63, 3.8) is 0 Å². The quantitative estimate of drug-likeness (QED) is 0.769. The Morgan fingerprint density at radius 1 is 1.18 bits per heavy atom. The summed E-state index contributed by atoms with van der Waals surface area (Å²) in [5.74, 6) is 0.682. The number of hydrogen-bond acceptors (Lipinski definition) is 5. The van der Waals surface area contributed by atoms with E-state index in [2.05, 4.69) is 10.6 Å². The van der Waals surface area contributed by atoms with Crippen molar-refractivity contribution in [1.29, 1.82) is 0 Å². The lowest BCUT2D eigenvalue weighted by Gasteiger charge is -2.30. The highest BCUT2D eigenvalue weighted by Crippen LogP contribution is 2.34. The molecule has 150 valence electrons. The molecule has 1 unspecified atom stereocenters. The first-order chi connectivity index (χ1) is 13.5. The molecule has 0 radical (unpaired) electrons. The van der Waals surface area contributed by atoms with Crippen molar-refractivity contribution in [2.45, 2.75) is 50.6 Å². The Hall–Kier alpha value is -2.77. The summed E-state index contributed by atoms with van der Waals surface area (Å²) >= 11 is 0. The summed E-state index contributed by atoms with van der Waals surface area (Å²) in [6, 6.07) is 4.74. The largest absolute Gasteiger partial charge is 0.486 e. The molecule has 1 aromatic rings. The lowest BCUT2D eigenvalue weighted by Crippen LogP contribution is -2.49. The van der Waals surface area contributed by atoms with Crippen LogP contribution in [0, 0.1) is 0 Å². The number of rotatable bonds is 4. The van der Waals surface area contributed by atoms with Crippen LogP contribution in [0.3, 0.4) is 0 Å². The minimum absolute atomic E-state index is 0.276. The number of fused-ring (bicyclic) bond motifs is 1. The third kappa shape index (κ3) is 3.39. The maximum atomic E-state index is 12.8. The molecule has 1 aromatic carbocycles. The molecule has 8 heteroatoms. The van der Waals surface area contributed by atoms with Gasteiger partial charge in [0.15, 0.2) is 11.5 Å². The number of ether oxygens (including phenoxy) is 2. The topological polar surface area (TPSA) is 97.0 Å². The fraction of sp³-hybridized carbons (Fsp3) is 0.550. The van der Waals surface area contributed by atoms with Gasteiger partial charge in [-0.3, -0.25) is 14.5 Å². The van der Waals surface area contributed by atoms with E-state index in [1.165, 1.54) is 0 Å². The highest BCUT2D eigenvalue weighted by Gasteiger charge is 2.51. The van der Waals surface area contributed by atoms with Crippen molar-refractivity contribution in [1.82, 2.24) is 15.5 Å². The molecule has 8 nitrogen and oxygen atoms in total. The lowest BCUT2D eigenvalue weighted by atomic mass is 9.82. The van der Waals surface area contributed by atoms with Crippen LogP contribution in [0.15, 0.2) is 18.2 Å². The SMILES string of the molecule is CC(NC(=O)CN1C(=O)NC2(CCCCC2)C1=O)c1ccc2c(c1)OCCO2. The van der Waals surface area contributed by atoms with Gasteiger partial charge < -0.3 is 20.1 Å². The van der Waals surface area contributed by atoms with Crippen LogP contribution in [0.5, 0.6) is 11.5 Å². The van der Waals surface area contributed by atoms with Gasteiger partial charge in [-0.15, -0.1) is 0 Å². The first-order valence-corrected chi connectivity index (χ1v) is 9.81. The van der Waals surface area contributed by atoms with Gasteiger partial charge in [-0.2, -0.15) is 0 Å². The van der Waals surface area contributed by atoms with Crippen LogP contribution < -0.4 is 20.1 Å². The summed E-state index contributed by atoms with van der Waals surface area (Å²) in [7, 11) is 0. The highest BCUT2D eigenvalue weighted by atomic mass is 16.6. The summed E-state index contributed by atoms with van der Waals surface area (Å²) in [5.41, 5.74) is 0.0513. The molecule has 0 bridgehead atoms. The van der Waals surface area contributed by atoms with Crippen LogP contribution in [0.1, 0.15) is 50.6 Å². The van der Waals surface area contributed by atoms with Crippen molar-refractivity contribution >= 4 is 17.8 Å². The van der Waals surface area contributed by atoms with E-state index in [0.717, 1.165) is 29.7 Å². The molecule has 4 amide bonds. The molecule has 3 aliphatic rings. The van der Waals surface area contributed by atoms with E-state index in [-0.39, 0.29) is 24.4 Å². The average molecular weight is 387 g/mol. The first kappa shape index (κ1) is 18.6. The summed E-state index contributed by atoms with van der Waals surface area (Å²) in [6.07, 6.45) is 4.17. The molecular formula is C20H25N3O5. The monoisotopic (exact) mass is 387 g/mol. The fourth-order valence-electron chi connectivity index (χ4n) is 4.16. The second kappa shape index (κ2) is 7.33. The minimum Gasteiger partial charge on any atom is -0.486 e. The summed E-state index contributed by atoms with van der Waals surface area (Å²) in [5, 5.41) is 5.67. The summed E-state index contributed by atoms with van der Waals surface area (Å²) in [6.45, 7) is 2.58. The zero-order valence-corrected chi connectivity index (χ0v) is 16.0. The van der Waals surface area contributed by atoms with E-state index >= 15 is 0 Å². The Kier molecular flexibility index (Phi) is 4.87. The number of carbonyl (C=O) groups is 3. The number of amides is 4. The van der Waals surface area contributed by atoms with Crippen LogP contribution in [-0.2, 0) is 9.59 Å². The van der Waals surface area contributed by atoms with Crippen LogP contribution in [0.4, 0.5) is 4.79 Å². The van der Waals surface area contributed by atoms with E-state index < -0.39 is 11.6 Å². The van der Waals surface area contributed by atoms with Crippen molar-refractivity contribution < 1.29 is 23.9 Å². The zero-order chi connectivity index (χ0) is 19.7. The molecule has 2 fully saturated rings. The normalized spacial score (nSPS) is 21.4. The smallest absolute Gasteiger partial charge is 0.325 e. The third-order valence-corrected chi connectivity index (χ3v) is 5.70. The molecule has 4 rings (SSSR count). The Balaban J connectivity index is 1.39. The average Bonchev–Trinajstić information content (AvgIpc) is 2.92. The highest BCUT2D eigenvalue weighted by molar-refractivity contribution is 6.09. The Morgan fingerprint density at radius 3 is 2.64 bits per heavy atom. The Morgan fingerprint density at radius 2 is 1.89 bits per heavy atom. The molecule has 2 N–H and O–H groups in total. The van der Waals surface area contributed by atoms with Gasteiger partial charge >= 0.3 is 6.03 Å². The summed E-state index contributed by atoms with van der Waals surface area (Å²) < 4.78 is 11.1. The number of hydrogen-bond donors (Lipinski definition) is 2. The van der Waals surface area contributed by atoms with Crippen LogP contribution >= 0.6 is 0 Å². The van der Waals surface area contributed by atoms with Gasteiger partial charge in [-0.1, -0.05) is 25.3 Å². The predicted octanol–water partition coefficient (Wildman–Crippen LogP) is 1.89. The molecule has 2 heterocycles. The van der Waals surface area contributed by atoms with Gasteiger partial charge in [0, 0.05) is 0 Å². The zero-order valence-electron chi connectivity index (χ0n) is 16.0. The molecule has 1 atom stereocenters. The van der Waals surface area contributed by atoms with Gasteiger partial charge in [-0.25, -0.2) is 4.79 Å². The van der Waals surface area contributed by atoms with Gasteiger partial charge in [0.25, 0.3) is 5.91 Å². The van der Waals surface area contributed by atoms with E-state index in [4.69, 9.17) is 9.47 Å². The molecule has 2 aliphatic heterocycles. The second-order valence-electron chi connectivity index (χ2n) is 7.66. The second-order valence-corrected chi connectivity index (χ2v) is 7.66. The summed E-state index contributed by atoms with van der Waals surface area (Å²) in [4.78, 5) is 38.6. The predicted molar refractivity (Wildman–Crippen MR) is 100 cm³/mol. The number of nitrogens with one attached hydrogen (secondary N) is 2.